The summed E-state index contributed by atoms with van der Waals surface area (Å²) in [5.41, 5.74) is 3.13. The second kappa shape index (κ2) is 10.8. The molecule has 1 amide bonds. The molecule has 184 valence electrons. The van der Waals surface area contributed by atoms with Crippen LogP contribution in [0.2, 0.25) is 0 Å². The van der Waals surface area contributed by atoms with Crippen LogP contribution >= 0.6 is 0 Å². The van der Waals surface area contributed by atoms with Gasteiger partial charge < -0.3 is 21.3 Å². The third-order valence-electron chi connectivity index (χ3n) is 5.39. The molecule has 4 rings (SSSR count). The van der Waals surface area contributed by atoms with Gasteiger partial charge in [0, 0.05) is 5.69 Å². The SMILES string of the molecule is Cc1ccc(NC(=O)[C@H](C)Nc2nc(Nc3ccccc3F)nc(Nc3ccccc3F)n2)cc1C. The Morgan fingerprint density at radius 1 is 0.750 bits per heavy atom. The summed E-state index contributed by atoms with van der Waals surface area (Å²) in [6.45, 7) is 5.60. The smallest absolute Gasteiger partial charge is 0.246 e. The van der Waals surface area contributed by atoms with E-state index in [1.807, 2.05) is 32.0 Å². The molecule has 0 aliphatic carbocycles. The number of aromatic nitrogens is 3. The van der Waals surface area contributed by atoms with Gasteiger partial charge in [-0.1, -0.05) is 30.3 Å². The summed E-state index contributed by atoms with van der Waals surface area (Å²) in [6, 6.07) is 17.0. The van der Waals surface area contributed by atoms with Gasteiger partial charge in [-0.15, -0.1) is 0 Å². The van der Waals surface area contributed by atoms with Crippen molar-refractivity contribution in [3.05, 3.63) is 89.5 Å². The Bertz CT molecular complexity index is 1330. The lowest BCUT2D eigenvalue weighted by Gasteiger charge is -2.16. The Hall–Kier alpha value is -4.60. The van der Waals surface area contributed by atoms with Crippen LogP contribution in [0.15, 0.2) is 66.7 Å². The van der Waals surface area contributed by atoms with Crippen molar-refractivity contribution in [2.45, 2.75) is 26.8 Å². The molecule has 0 aliphatic heterocycles. The van der Waals surface area contributed by atoms with Crippen LogP contribution in [0.1, 0.15) is 18.1 Å². The number of nitrogens with one attached hydrogen (secondary N) is 4. The van der Waals surface area contributed by atoms with Crippen molar-refractivity contribution >= 4 is 40.8 Å². The van der Waals surface area contributed by atoms with Gasteiger partial charge in [0.05, 0.1) is 11.4 Å². The lowest BCUT2D eigenvalue weighted by molar-refractivity contribution is -0.116. The van der Waals surface area contributed by atoms with Crippen LogP contribution in [-0.2, 0) is 4.79 Å². The molecule has 0 fully saturated rings. The summed E-state index contributed by atoms with van der Waals surface area (Å²) >= 11 is 0. The monoisotopic (exact) mass is 489 g/mol. The summed E-state index contributed by atoms with van der Waals surface area (Å²) in [5, 5.41) is 11.4. The van der Waals surface area contributed by atoms with Crippen molar-refractivity contribution in [1.29, 1.82) is 0 Å². The Kier molecular flexibility index (Phi) is 7.33. The molecule has 1 aromatic heterocycles. The number of benzene rings is 3. The first-order valence-electron chi connectivity index (χ1n) is 11.2. The molecule has 3 aromatic carbocycles. The van der Waals surface area contributed by atoms with Crippen LogP contribution in [0.25, 0.3) is 0 Å². The minimum atomic E-state index is -0.739. The fourth-order valence-corrected chi connectivity index (χ4v) is 3.25. The number of para-hydroxylation sites is 2. The molecule has 0 saturated carbocycles. The van der Waals surface area contributed by atoms with E-state index in [0.29, 0.717) is 5.69 Å². The minimum absolute atomic E-state index is 0.00166. The molecule has 8 nitrogen and oxygen atoms in total. The maximum absolute atomic E-state index is 14.2. The second-order valence-electron chi connectivity index (χ2n) is 8.17. The van der Waals surface area contributed by atoms with E-state index in [0.717, 1.165) is 11.1 Å². The highest BCUT2D eigenvalue weighted by molar-refractivity contribution is 5.96. The van der Waals surface area contributed by atoms with E-state index >= 15 is 0 Å². The lowest BCUT2D eigenvalue weighted by atomic mass is 10.1. The van der Waals surface area contributed by atoms with Crippen molar-refractivity contribution in [3.63, 3.8) is 0 Å². The topological polar surface area (TPSA) is 104 Å². The van der Waals surface area contributed by atoms with Crippen LogP contribution in [0.4, 0.5) is 43.7 Å². The quantitative estimate of drug-likeness (QED) is 0.252. The largest absolute Gasteiger partial charge is 0.342 e. The predicted molar refractivity (Wildman–Crippen MR) is 137 cm³/mol. The number of rotatable bonds is 8. The summed E-state index contributed by atoms with van der Waals surface area (Å²) in [5.74, 6) is -1.29. The first kappa shape index (κ1) is 24.5. The van der Waals surface area contributed by atoms with Crippen LogP contribution in [0, 0.1) is 25.5 Å². The van der Waals surface area contributed by atoms with Crippen molar-refractivity contribution in [1.82, 2.24) is 15.0 Å². The van der Waals surface area contributed by atoms with Crippen molar-refractivity contribution < 1.29 is 13.6 Å². The van der Waals surface area contributed by atoms with Gasteiger partial charge in [0.25, 0.3) is 0 Å². The van der Waals surface area contributed by atoms with E-state index < -0.39 is 17.7 Å². The maximum Gasteiger partial charge on any atom is 0.246 e. The molecular weight excluding hydrogens is 464 g/mol. The third-order valence-corrected chi connectivity index (χ3v) is 5.39. The molecule has 10 heteroatoms. The molecular formula is C26H25F2N7O. The molecule has 0 radical (unpaired) electrons. The van der Waals surface area contributed by atoms with E-state index in [-0.39, 0.29) is 35.1 Å². The number of halogens is 2. The second-order valence-corrected chi connectivity index (χ2v) is 8.17. The van der Waals surface area contributed by atoms with Crippen molar-refractivity contribution in [2.24, 2.45) is 0 Å². The molecule has 36 heavy (non-hydrogen) atoms. The lowest BCUT2D eigenvalue weighted by Crippen LogP contribution is -2.32. The van der Waals surface area contributed by atoms with Gasteiger partial charge in [-0.3, -0.25) is 4.79 Å². The Morgan fingerprint density at radius 2 is 1.28 bits per heavy atom. The summed E-state index contributed by atoms with van der Waals surface area (Å²) < 4.78 is 28.4. The van der Waals surface area contributed by atoms with Gasteiger partial charge in [0.15, 0.2) is 0 Å². The van der Waals surface area contributed by atoms with E-state index in [1.165, 1.54) is 24.3 Å². The fraction of sp³-hybridized carbons (Fsp3) is 0.154. The Morgan fingerprint density at radius 3 is 1.81 bits per heavy atom. The first-order chi connectivity index (χ1) is 17.3. The number of nitrogens with zero attached hydrogens (tertiary/aromatic N) is 3. The highest BCUT2D eigenvalue weighted by atomic mass is 19.1. The number of amides is 1. The average molecular weight is 490 g/mol. The van der Waals surface area contributed by atoms with Crippen molar-refractivity contribution in [2.75, 3.05) is 21.3 Å². The molecule has 0 aliphatic rings. The number of carbonyl (C=O) groups is 1. The average Bonchev–Trinajstić information content (AvgIpc) is 2.84. The van der Waals surface area contributed by atoms with Gasteiger partial charge in [-0.25, -0.2) is 8.78 Å². The molecule has 4 N–H and O–H groups in total. The molecule has 0 bridgehead atoms. The molecule has 1 heterocycles. The van der Waals surface area contributed by atoms with E-state index in [4.69, 9.17) is 0 Å². The minimum Gasteiger partial charge on any atom is -0.342 e. The molecule has 1 atom stereocenters. The first-order valence-corrected chi connectivity index (χ1v) is 11.2. The number of aryl methyl sites for hydroxylation is 2. The van der Waals surface area contributed by atoms with Crippen LogP contribution < -0.4 is 21.3 Å². The number of anilines is 6. The Balaban J connectivity index is 1.58. The van der Waals surface area contributed by atoms with Crippen LogP contribution in [-0.4, -0.2) is 26.9 Å². The van der Waals surface area contributed by atoms with E-state index in [1.54, 1.807) is 31.2 Å². The summed E-state index contributed by atoms with van der Waals surface area (Å²) in [4.78, 5) is 25.5. The zero-order chi connectivity index (χ0) is 25.7. The third kappa shape index (κ3) is 6.09. The van der Waals surface area contributed by atoms with E-state index in [2.05, 4.69) is 36.2 Å². The van der Waals surface area contributed by atoms with Crippen LogP contribution in [0.5, 0.6) is 0 Å². The Labute approximate surface area is 207 Å². The predicted octanol–water partition coefficient (Wildman–Crippen LogP) is 5.69. The van der Waals surface area contributed by atoms with Gasteiger partial charge in [0.2, 0.25) is 23.8 Å². The van der Waals surface area contributed by atoms with Crippen molar-refractivity contribution in [3.8, 4) is 0 Å². The number of carbonyl (C=O) groups excluding carboxylic acids is 1. The maximum atomic E-state index is 14.2. The van der Waals surface area contributed by atoms with Gasteiger partial charge in [-0.05, 0) is 68.3 Å². The highest BCUT2D eigenvalue weighted by Gasteiger charge is 2.17. The standard InChI is InChI=1S/C26H25F2N7O/c1-15-12-13-18(14-16(15)2)30-23(36)17(3)29-24-33-25(31-21-10-6-4-8-19(21)27)35-26(34-24)32-22-11-7-5-9-20(22)28/h4-14,17H,1-3H3,(H,30,36)(H3,29,31,32,33,34,35)/t17-/m0/s1. The molecule has 0 unspecified atom stereocenters. The molecule has 0 spiro atoms. The van der Waals surface area contributed by atoms with Gasteiger partial charge >= 0.3 is 0 Å². The summed E-state index contributed by atoms with van der Waals surface area (Å²) in [6.07, 6.45) is 0. The summed E-state index contributed by atoms with van der Waals surface area (Å²) in [7, 11) is 0. The normalized spacial score (nSPS) is 11.5. The highest BCUT2D eigenvalue weighted by Crippen LogP contribution is 2.22. The fourth-order valence-electron chi connectivity index (χ4n) is 3.25. The molecule has 0 saturated heterocycles. The zero-order valence-electron chi connectivity index (χ0n) is 19.9. The zero-order valence-corrected chi connectivity index (χ0v) is 19.9. The van der Waals surface area contributed by atoms with E-state index in [9.17, 15) is 13.6 Å². The number of hydrogen-bond acceptors (Lipinski definition) is 7. The molecule has 4 aromatic rings. The number of hydrogen-bond donors (Lipinski definition) is 4. The van der Waals surface area contributed by atoms with Gasteiger partial charge in [-0.2, -0.15) is 15.0 Å². The van der Waals surface area contributed by atoms with Gasteiger partial charge in [0.1, 0.15) is 17.7 Å². The van der Waals surface area contributed by atoms with Crippen LogP contribution in [0.3, 0.4) is 0 Å².